The quantitative estimate of drug-likeness (QED) is 0.417. The Morgan fingerprint density at radius 3 is 1.89 bits per heavy atom. The first-order chi connectivity index (χ1) is 3.85. The molecule has 9 heavy (non-hydrogen) atoms. The average molecular weight is 263 g/mol. The van der Waals surface area contributed by atoms with Gasteiger partial charge in [0.05, 0.1) is 10.3 Å². The Balaban J connectivity index is 4.24. The standard InChI is InChI=1S/C4H10INO2S/c1-4(5)6(2)9(3,7)8/h4H,1-3H3/t4-/m0/s1. The van der Waals surface area contributed by atoms with Crippen LogP contribution in [0.1, 0.15) is 6.92 Å². The van der Waals surface area contributed by atoms with Crippen LogP contribution in [-0.4, -0.2) is 30.1 Å². The van der Waals surface area contributed by atoms with E-state index in [1.807, 2.05) is 29.5 Å². The SMILES string of the molecule is C[C@@H](I)N(C)S(C)(=O)=O. The van der Waals surface area contributed by atoms with E-state index < -0.39 is 10.0 Å². The summed E-state index contributed by atoms with van der Waals surface area (Å²) in [4.78, 5) is 0. The summed E-state index contributed by atoms with van der Waals surface area (Å²) in [6.45, 7) is 1.82. The lowest BCUT2D eigenvalue weighted by Crippen LogP contribution is -2.29. The molecule has 0 aliphatic rings. The Labute approximate surface area is 69.6 Å². The summed E-state index contributed by atoms with van der Waals surface area (Å²) in [5.41, 5.74) is 0. The highest BCUT2D eigenvalue weighted by Gasteiger charge is 2.14. The number of sulfonamides is 1. The van der Waals surface area contributed by atoms with E-state index in [0.717, 1.165) is 0 Å². The minimum atomic E-state index is -2.98. The number of alkyl halides is 1. The average Bonchev–Trinajstić information content (AvgIpc) is 1.62. The van der Waals surface area contributed by atoms with E-state index in [4.69, 9.17) is 0 Å². The fourth-order valence-electron chi connectivity index (χ4n) is 0.264. The first-order valence-corrected chi connectivity index (χ1v) is 5.52. The highest BCUT2D eigenvalue weighted by Crippen LogP contribution is 2.07. The molecule has 0 saturated carbocycles. The lowest BCUT2D eigenvalue weighted by Gasteiger charge is -2.15. The first kappa shape index (κ1) is 9.64. The second-order valence-corrected chi connectivity index (χ2v) is 5.70. The molecule has 0 rings (SSSR count). The van der Waals surface area contributed by atoms with Crippen LogP contribution in [0.5, 0.6) is 0 Å². The Kier molecular flexibility index (Phi) is 3.38. The largest absolute Gasteiger partial charge is 0.212 e. The van der Waals surface area contributed by atoms with Crippen LogP contribution in [0, 0.1) is 0 Å². The highest BCUT2D eigenvalue weighted by molar-refractivity contribution is 14.1. The van der Waals surface area contributed by atoms with Crippen LogP contribution in [0.4, 0.5) is 0 Å². The Bertz CT molecular complexity index is 175. The molecule has 0 radical (unpaired) electrons. The van der Waals surface area contributed by atoms with Crippen LogP contribution in [0.3, 0.4) is 0 Å². The molecule has 0 amide bonds. The normalized spacial score (nSPS) is 16.1. The van der Waals surface area contributed by atoms with Gasteiger partial charge in [0.2, 0.25) is 10.0 Å². The van der Waals surface area contributed by atoms with Crippen molar-refractivity contribution in [1.29, 1.82) is 0 Å². The molecular weight excluding hydrogens is 253 g/mol. The highest BCUT2D eigenvalue weighted by atomic mass is 127. The third-order valence-corrected chi connectivity index (χ3v) is 3.60. The maximum absolute atomic E-state index is 10.7. The van der Waals surface area contributed by atoms with E-state index in [-0.39, 0.29) is 4.05 Å². The second-order valence-electron chi connectivity index (χ2n) is 1.85. The summed E-state index contributed by atoms with van der Waals surface area (Å²) < 4.78 is 22.7. The van der Waals surface area contributed by atoms with Crippen molar-refractivity contribution in [1.82, 2.24) is 4.31 Å². The molecule has 0 aliphatic heterocycles. The van der Waals surface area contributed by atoms with Gasteiger partial charge in [-0.3, -0.25) is 0 Å². The van der Waals surface area contributed by atoms with Gasteiger partial charge < -0.3 is 0 Å². The summed E-state index contributed by atoms with van der Waals surface area (Å²) in [6, 6.07) is 0. The summed E-state index contributed by atoms with van der Waals surface area (Å²) in [5.74, 6) is 0. The molecule has 0 bridgehead atoms. The minimum Gasteiger partial charge on any atom is -0.212 e. The third kappa shape index (κ3) is 3.36. The summed E-state index contributed by atoms with van der Waals surface area (Å²) >= 11 is 2.04. The molecule has 1 atom stereocenters. The number of hydrogen-bond donors (Lipinski definition) is 0. The van der Waals surface area contributed by atoms with Crippen molar-refractivity contribution in [2.45, 2.75) is 11.0 Å². The minimum absolute atomic E-state index is 0.0256. The monoisotopic (exact) mass is 263 g/mol. The van der Waals surface area contributed by atoms with Gasteiger partial charge in [-0.25, -0.2) is 8.42 Å². The smallest absolute Gasteiger partial charge is 0.211 e. The predicted octanol–water partition coefficient (Wildman–Crippen LogP) is 0.659. The number of halogens is 1. The second kappa shape index (κ2) is 3.16. The molecule has 56 valence electrons. The molecule has 0 saturated heterocycles. The van der Waals surface area contributed by atoms with Gasteiger partial charge in [-0.1, -0.05) is 22.6 Å². The Morgan fingerprint density at radius 2 is 1.89 bits per heavy atom. The zero-order valence-corrected chi connectivity index (χ0v) is 8.60. The Morgan fingerprint density at radius 1 is 1.56 bits per heavy atom. The zero-order valence-electron chi connectivity index (χ0n) is 5.63. The number of nitrogens with zero attached hydrogens (tertiary/aromatic N) is 1. The third-order valence-electron chi connectivity index (χ3n) is 1.02. The van der Waals surface area contributed by atoms with Crippen LogP contribution in [0.15, 0.2) is 0 Å². The summed E-state index contributed by atoms with van der Waals surface area (Å²) in [6.07, 6.45) is 1.20. The van der Waals surface area contributed by atoms with Crippen LogP contribution < -0.4 is 0 Å². The van der Waals surface area contributed by atoms with Gasteiger partial charge >= 0.3 is 0 Å². The van der Waals surface area contributed by atoms with Crippen LogP contribution >= 0.6 is 22.6 Å². The van der Waals surface area contributed by atoms with Crippen LogP contribution in [0.2, 0.25) is 0 Å². The molecule has 0 aromatic rings. The number of rotatable bonds is 2. The van der Waals surface area contributed by atoms with E-state index in [9.17, 15) is 8.42 Å². The van der Waals surface area contributed by atoms with Crippen molar-refractivity contribution >= 4 is 32.6 Å². The molecule has 3 nitrogen and oxygen atoms in total. The molecule has 0 aliphatic carbocycles. The van der Waals surface area contributed by atoms with Crippen molar-refractivity contribution in [3.63, 3.8) is 0 Å². The maximum Gasteiger partial charge on any atom is 0.211 e. The molecule has 0 aromatic carbocycles. The molecule has 0 fully saturated rings. The zero-order chi connectivity index (χ0) is 7.65. The number of hydrogen-bond acceptors (Lipinski definition) is 2. The molecule has 5 heteroatoms. The first-order valence-electron chi connectivity index (χ1n) is 2.43. The topological polar surface area (TPSA) is 37.4 Å². The van der Waals surface area contributed by atoms with E-state index in [2.05, 4.69) is 0 Å². The van der Waals surface area contributed by atoms with E-state index in [1.54, 1.807) is 7.05 Å². The molecular formula is C4H10INO2S. The molecule has 0 spiro atoms. The molecule has 0 heterocycles. The van der Waals surface area contributed by atoms with Crippen molar-refractivity contribution in [2.75, 3.05) is 13.3 Å². The van der Waals surface area contributed by atoms with Crippen LogP contribution in [-0.2, 0) is 10.0 Å². The van der Waals surface area contributed by atoms with E-state index in [1.165, 1.54) is 10.6 Å². The Hall–Kier alpha value is 0.640. The lowest BCUT2D eigenvalue weighted by molar-refractivity contribution is 0.482. The van der Waals surface area contributed by atoms with Crippen LogP contribution in [0.25, 0.3) is 0 Å². The summed E-state index contributed by atoms with van der Waals surface area (Å²) in [7, 11) is -1.41. The fourth-order valence-corrected chi connectivity index (χ4v) is 2.03. The van der Waals surface area contributed by atoms with Gasteiger partial charge in [0, 0.05) is 7.05 Å². The molecule has 0 unspecified atom stereocenters. The van der Waals surface area contributed by atoms with Gasteiger partial charge in [-0.15, -0.1) is 0 Å². The maximum atomic E-state index is 10.7. The van der Waals surface area contributed by atoms with Gasteiger partial charge in [-0.2, -0.15) is 4.31 Å². The van der Waals surface area contributed by atoms with Crippen molar-refractivity contribution in [2.24, 2.45) is 0 Å². The van der Waals surface area contributed by atoms with Crippen molar-refractivity contribution in [3.05, 3.63) is 0 Å². The predicted molar refractivity (Wildman–Crippen MR) is 46.1 cm³/mol. The molecule has 0 aromatic heterocycles. The van der Waals surface area contributed by atoms with E-state index in [0.29, 0.717) is 0 Å². The fraction of sp³-hybridized carbons (Fsp3) is 1.00. The van der Waals surface area contributed by atoms with E-state index >= 15 is 0 Å². The van der Waals surface area contributed by atoms with Gasteiger partial charge in [-0.05, 0) is 6.92 Å². The lowest BCUT2D eigenvalue weighted by atomic mass is 10.8. The molecule has 0 N–H and O–H groups in total. The van der Waals surface area contributed by atoms with Crippen molar-refractivity contribution in [3.8, 4) is 0 Å². The van der Waals surface area contributed by atoms with Gasteiger partial charge in [0.15, 0.2) is 0 Å². The summed E-state index contributed by atoms with van der Waals surface area (Å²) in [5, 5.41) is 0. The van der Waals surface area contributed by atoms with Gasteiger partial charge in [0.25, 0.3) is 0 Å². The van der Waals surface area contributed by atoms with Crippen molar-refractivity contribution < 1.29 is 8.42 Å². The van der Waals surface area contributed by atoms with Gasteiger partial charge in [0.1, 0.15) is 0 Å².